The second-order valence-electron chi connectivity index (χ2n) is 6.24. The Bertz CT molecular complexity index is 972. The highest BCUT2D eigenvalue weighted by Crippen LogP contribution is 2.23. The van der Waals surface area contributed by atoms with Crippen LogP contribution >= 0.6 is 0 Å². The van der Waals surface area contributed by atoms with E-state index in [1.54, 1.807) is 18.2 Å². The van der Waals surface area contributed by atoms with Crippen LogP contribution in [0.5, 0.6) is 0 Å². The van der Waals surface area contributed by atoms with Gasteiger partial charge in [0.2, 0.25) is 0 Å². The van der Waals surface area contributed by atoms with Crippen LogP contribution in [0.2, 0.25) is 0 Å². The molecule has 0 saturated carbocycles. The Morgan fingerprint density at radius 1 is 0.862 bits per heavy atom. The maximum Gasteiger partial charge on any atom is 0.354 e. The van der Waals surface area contributed by atoms with Gasteiger partial charge in [-0.3, -0.25) is 0 Å². The molecule has 4 nitrogen and oxygen atoms in total. The van der Waals surface area contributed by atoms with Gasteiger partial charge in [-0.1, -0.05) is 30.3 Å². The summed E-state index contributed by atoms with van der Waals surface area (Å²) in [6, 6.07) is 20.6. The molecule has 29 heavy (non-hydrogen) atoms. The highest BCUT2D eigenvalue weighted by molar-refractivity contribution is 5.92. The van der Waals surface area contributed by atoms with Gasteiger partial charge < -0.3 is 15.4 Å². The molecular weight excluding hydrogens is 374 g/mol. The number of halogens is 2. The number of nitrogens with one attached hydrogen (secondary N) is 2. The Morgan fingerprint density at radius 3 is 1.97 bits per heavy atom. The second kappa shape index (κ2) is 9.50. The molecule has 0 aliphatic rings. The summed E-state index contributed by atoms with van der Waals surface area (Å²) in [5.74, 6) is -1.29. The van der Waals surface area contributed by atoms with E-state index in [1.165, 1.54) is 43.5 Å². The molecule has 0 bridgehead atoms. The van der Waals surface area contributed by atoms with Gasteiger partial charge in [0.15, 0.2) is 0 Å². The molecular formula is C23H20F2N2O2. The van der Waals surface area contributed by atoms with E-state index in [0.717, 1.165) is 5.56 Å². The zero-order valence-corrected chi connectivity index (χ0v) is 15.7. The predicted octanol–water partition coefficient (Wildman–Crippen LogP) is 5.29. The summed E-state index contributed by atoms with van der Waals surface area (Å²) in [5.41, 5.74) is 2.29. The van der Waals surface area contributed by atoms with Gasteiger partial charge in [0, 0.05) is 11.4 Å². The molecule has 2 N–H and O–H groups in total. The third-order valence-electron chi connectivity index (χ3n) is 4.19. The first-order chi connectivity index (χ1) is 14.0. The molecule has 0 fully saturated rings. The zero-order chi connectivity index (χ0) is 20.6. The highest BCUT2D eigenvalue weighted by Gasteiger charge is 2.16. The van der Waals surface area contributed by atoms with Gasteiger partial charge in [-0.2, -0.15) is 0 Å². The van der Waals surface area contributed by atoms with Crippen LogP contribution in [0.4, 0.5) is 20.2 Å². The number of rotatable bonds is 7. The molecule has 0 aliphatic heterocycles. The Morgan fingerprint density at radius 2 is 1.41 bits per heavy atom. The normalized spacial score (nSPS) is 12.2. The lowest BCUT2D eigenvalue weighted by Crippen LogP contribution is -2.17. The van der Waals surface area contributed by atoms with E-state index in [0.29, 0.717) is 11.4 Å². The Balaban J connectivity index is 1.95. The largest absolute Gasteiger partial charge is 0.464 e. The van der Waals surface area contributed by atoms with Crippen LogP contribution in [0.1, 0.15) is 11.6 Å². The standard InChI is InChI=1S/C23H20F2N2O2/c1-29-23(28)22(27-20-13-9-18(25)10-14-20)15-21(16-5-3-2-4-6-16)26-19-11-7-17(24)8-12-19/h2-15,21,26-27H,1H3/b22-15+. The first kappa shape index (κ1) is 20.1. The summed E-state index contributed by atoms with van der Waals surface area (Å²) in [6.45, 7) is 0. The summed E-state index contributed by atoms with van der Waals surface area (Å²) in [6.07, 6.45) is 1.67. The fourth-order valence-electron chi connectivity index (χ4n) is 2.73. The van der Waals surface area contributed by atoms with Crippen molar-refractivity contribution in [2.45, 2.75) is 6.04 Å². The van der Waals surface area contributed by atoms with Crippen molar-refractivity contribution in [2.24, 2.45) is 0 Å². The summed E-state index contributed by atoms with van der Waals surface area (Å²) in [5, 5.41) is 6.25. The summed E-state index contributed by atoms with van der Waals surface area (Å²) >= 11 is 0. The number of anilines is 2. The minimum Gasteiger partial charge on any atom is -0.464 e. The van der Waals surface area contributed by atoms with E-state index >= 15 is 0 Å². The van der Waals surface area contributed by atoms with Crippen molar-refractivity contribution in [3.8, 4) is 0 Å². The van der Waals surface area contributed by atoms with Gasteiger partial charge >= 0.3 is 5.97 Å². The molecule has 0 saturated heterocycles. The molecule has 3 rings (SSSR count). The van der Waals surface area contributed by atoms with Crippen molar-refractivity contribution in [1.29, 1.82) is 0 Å². The monoisotopic (exact) mass is 394 g/mol. The van der Waals surface area contributed by atoms with Crippen molar-refractivity contribution in [3.05, 3.63) is 108 Å². The summed E-state index contributed by atoms with van der Waals surface area (Å²) in [4.78, 5) is 12.3. The van der Waals surface area contributed by atoms with Crippen molar-refractivity contribution in [3.63, 3.8) is 0 Å². The second-order valence-corrected chi connectivity index (χ2v) is 6.24. The van der Waals surface area contributed by atoms with Crippen LogP contribution in [0.15, 0.2) is 90.6 Å². The lowest BCUT2D eigenvalue weighted by Gasteiger charge is -2.19. The van der Waals surface area contributed by atoms with Gasteiger partial charge in [-0.05, 0) is 60.2 Å². The SMILES string of the molecule is COC(=O)/C(=C\C(Nc1ccc(F)cc1)c1ccccc1)Nc1ccc(F)cc1. The van der Waals surface area contributed by atoms with Crippen LogP contribution in [0.25, 0.3) is 0 Å². The smallest absolute Gasteiger partial charge is 0.354 e. The molecule has 3 aromatic carbocycles. The van der Waals surface area contributed by atoms with Gasteiger partial charge in [0.05, 0.1) is 13.2 Å². The lowest BCUT2D eigenvalue weighted by atomic mass is 10.0. The van der Waals surface area contributed by atoms with Crippen LogP contribution in [-0.4, -0.2) is 13.1 Å². The van der Waals surface area contributed by atoms with E-state index in [4.69, 9.17) is 4.74 Å². The van der Waals surface area contributed by atoms with E-state index < -0.39 is 12.0 Å². The van der Waals surface area contributed by atoms with Crippen molar-refractivity contribution in [2.75, 3.05) is 17.7 Å². The highest BCUT2D eigenvalue weighted by atomic mass is 19.1. The van der Waals surface area contributed by atoms with Crippen LogP contribution < -0.4 is 10.6 Å². The number of methoxy groups -OCH3 is 1. The predicted molar refractivity (Wildman–Crippen MR) is 109 cm³/mol. The molecule has 0 aromatic heterocycles. The van der Waals surface area contributed by atoms with Crippen LogP contribution in [0.3, 0.4) is 0 Å². The van der Waals surface area contributed by atoms with Gasteiger partial charge in [-0.15, -0.1) is 0 Å². The van der Waals surface area contributed by atoms with Crippen molar-refractivity contribution in [1.82, 2.24) is 0 Å². The minimum atomic E-state index is -0.573. The average Bonchev–Trinajstić information content (AvgIpc) is 2.75. The molecule has 0 spiro atoms. The first-order valence-electron chi connectivity index (χ1n) is 8.95. The first-order valence-corrected chi connectivity index (χ1v) is 8.95. The number of hydrogen-bond acceptors (Lipinski definition) is 4. The number of hydrogen-bond donors (Lipinski definition) is 2. The van der Waals surface area contributed by atoms with Crippen LogP contribution in [0, 0.1) is 11.6 Å². The van der Waals surface area contributed by atoms with E-state index in [9.17, 15) is 13.6 Å². The van der Waals surface area contributed by atoms with E-state index in [1.807, 2.05) is 30.3 Å². The van der Waals surface area contributed by atoms with Crippen molar-refractivity contribution >= 4 is 17.3 Å². The van der Waals surface area contributed by atoms with E-state index in [-0.39, 0.29) is 17.3 Å². The quantitative estimate of drug-likeness (QED) is 0.422. The molecule has 0 aliphatic carbocycles. The minimum absolute atomic E-state index is 0.183. The van der Waals surface area contributed by atoms with Crippen molar-refractivity contribution < 1.29 is 18.3 Å². The third kappa shape index (κ3) is 5.65. The summed E-state index contributed by atoms with van der Waals surface area (Å²) in [7, 11) is 1.29. The topological polar surface area (TPSA) is 50.4 Å². The number of carbonyl (C=O) groups excluding carboxylic acids is 1. The number of esters is 1. The maximum absolute atomic E-state index is 13.2. The van der Waals surface area contributed by atoms with E-state index in [2.05, 4.69) is 10.6 Å². The molecule has 0 radical (unpaired) electrons. The Kier molecular flexibility index (Phi) is 6.58. The Labute approximate surface area is 167 Å². The average molecular weight is 394 g/mol. The molecule has 3 aromatic rings. The Hall–Kier alpha value is -3.67. The molecule has 1 unspecified atom stereocenters. The molecule has 0 amide bonds. The lowest BCUT2D eigenvalue weighted by molar-refractivity contribution is -0.135. The fourth-order valence-corrected chi connectivity index (χ4v) is 2.73. The zero-order valence-electron chi connectivity index (χ0n) is 15.7. The molecule has 6 heteroatoms. The van der Waals surface area contributed by atoms with Gasteiger partial charge in [0.1, 0.15) is 17.3 Å². The number of ether oxygens (including phenoxy) is 1. The fraction of sp³-hybridized carbons (Fsp3) is 0.0870. The number of benzene rings is 3. The molecule has 148 valence electrons. The molecule has 1 atom stereocenters. The van der Waals surface area contributed by atoms with Crippen LogP contribution in [-0.2, 0) is 9.53 Å². The summed E-state index contributed by atoms with van der Waals surface area (Å²) < 4.78 is 31.3. The van der Waals surface area contributed by atoms with Gasteiger partial charge in [0.25, 0.3) is 0 Å². The number of carbonyl (C=O) groups is 1. The maximum atomic E-state index is 13.2. The third-order valence-corrected chi connectivity index (χ3v) is 4.19. The van der Waals surface area contributed by atoms with Gasteiger partial charge in [-0.25, -0.2) is 13.6 Å². The molecule has 0 heterocycles.